The van der Waals surface area contributed by atoms with Gasteiger partial charge in [-0.3, -0.25) is 9.63 Å². The smallest absolute Gasteiger partial charge is 0.274 e. The molecule has 0 spiro atoms. The van der Waals surface area contributed by atoms with Crippen molar-refractivity contribution < 1.29 is 14.7 Å². The van der Waals surface area contributed by atoms with Crippen molar-refractivity contribution in [2.75, 3.05) is 7.11 Å². The Balaban J connectivity index is 2.75. The number of carbonyl (C=O) groups is 1. The first-order valence-corrected chi connectivity index (χ1v) is 3.36. The third-order valence-corrected chi connectivity index (χ3v) is 1.32. The second kappa shape index (κ2) is 3.73. The van der Waals surface area contributed by atoms with Crippen molar-refractivity contribution in [1.82, 2.24) is 5.48 Å². The monoisotopic (exact) mass is 167 g/mol. The van der Waals surface area contributed by atoms with Crippen molar-refractivity contribution in [3.63, 3.8) is 0 Å². The van der Waals surface area contributed by atoms with Gasteiger partial charge >= 0.3 is 0 Å². The molecule has 0 aliphatic carbocycles. The van der Waals surface area contributed by atoms with E-state index in [1.54, 1.807) is 0 Å². The molecule has 0 saturated heterocycles. The number of aromatic hydroxyl groups is 1. The van der Waals surface area contributed by atoms with Crippen molar-refractivity contribution in [1.29, 1.82) is 0 Å². The number of benzene rings is 1. The lowest BCUT2D eigenvalue weighted by Gasteiger charge is -2.00. The summed E-state index contributed by atoms with van der Waals surface area (Å²) in [6.07, 6.45) is 0. The molecule has 0 radical (unpaired) electrons. The predicted octanol–water partition coefficient (Wildman–Crippen LogP) is 0.683. The van der Waals surface area contributed by atoms with E-state index in [1.807, 2.05) is 0 Å². The van der Waals surface area contributed by atoms with Crippen LogP contribution in [0.4, 0.5) is 0 Å². The summed E-state index contributed by atoms with van der Waals surface area (Å²) in [4.78, 5) is 15.5. The van der Waals surface area contributed by atoms with Gasteiger partial charge in [0.25, 0.3) is 5.91 Å². The lowest BCUT2D eigenvalue weighted by Crippen LogP contribution is -2.21. The number of phenolic OH excluding ortho intramolecular Hbond substituents is 1. The number of nitrogens with one attached hydrogen (secondary N) is 1. The number of hydrogen-bond donors (Lipinski definition) is 2. The molecule has 0 aliphatic rings. The van der Waals surface area contributed by atoms with Gasteiger partial charge in [-0.15, -0.1) is 0 Å². The Morgan fingerprint density at radius 2 is 2.00 bits per heavy atom. The molecule has 1 aromatic carbocycles. The van der Waals surface area contributed by atoms with Crippen molar-refractivity contribution >= 4 is 5.91 Å². The molecule has 2 N–H and O–H groups in total. The highest BCUT2D eigenvalue weighted by Gasteiger charge is 2.02. The van der Waals surface area contributed by atoms with E-state index in [0.29, 0.717) is 5.56 Å². The zero-order valence-electron chi connectivity index (χ0n) is 6.57. The summed E-state index contributed by atoms with van der Waals surface area (Å²) in [5.74, 6) is -0.207. The number of hydrogen-bond acceptors (Lipinski definition) is 3. The van der Waals surface area contributed by atoms with Crippen LogP contribution in [0.2, 0.25) is 0 Å². The van der Waals surface area contributed by atoms with Crippen LogP contribution >= 0.6 is 0 Å². The summed E-state index contributed by atoms with van der Waals surface area (Å²) in [6, 6.07) is 5.88. The van der Waals surface area contributed by atoms with Gasteiger partial charge in [0, 0.05) is 5.56 Å². The van der Waals surface area contributed by atoms with E-state index in [-0.39, 0.29) is 11.7 Å². The van der Waals surface area contributed by atoms with E-state index in [0.717, 1.165) is 0 Å². The number of rotatable bonds is 2. The molecule has 12 heavy (non-hydrogen) atoms. The minimum Gasteiger partial charge on any atom is -0.508 e. The maximum absolute atomic E-state index is 11.0. The average Bonchev–Trinajstić information content (AvgIpc) is 2.06. The molecular weight excluding hydrogens is 158 g/mol. The summed E-state index contributed by atoms with van der Waals surface area (Å²) in [5, 5.41) is 8.91. The van der Waals surface area contributed by atoms with Crippen molar-refractivity contribution in [2.24, 2.45) is 0 Å². The van der Waals surface area contributed by atoms with E-state index in [1.165, 1.54) is 31.4 Å². The summed E-state index contributed by atoms with van der Waals surface area (Å²) in [6.45, 7) is 0. The van der Waals surface area contributed by atoms with Crippen LogP contribution in [0.15, 0.2) is 24.3 Å². The number of phenols is 1. The summed E-state index contributed by atoms with van der Waals surface area (Å²) in [7, 11) is 1.36. The molecule has 0 heterocycles. The first-order chi connectivity index (χ1) is 5.74. The molecule has 0 unspecified atom stereocenters. The zero-order chi connectivity index (χ0) is 8.97. The normalized spacial score (nSPS) is 9.42. The highest BCUT2D eigenvalue weighted by Crippen LogP contribution is 2.08. The minimum absolute atomic E-state index is 0.129. The first-order valence-electron chi connectivity index (χ1n) is 3.36. The molecule has 64 valence electrons. The second-order valence-corrected chi connectivity index (χ2v) is 2.18. The van der Waals surface area contributed by atoms with Crippen LogP contribution in [0, 0.1) is 0 Å². The number of amides is 1. The van der Waals surface area contributed by atoms with Gasteiger partial charge < -0.3 is 5.11 Å². The van der Waals surface area contributed by atoms with E-state index in [2.05, 4.69) is 10.3 Å². The number of carbonyl (C=O) groups excluding carboxylic acids is 1. The fourth-order valence-electron chi connectivity index (χ4n) is 0.764. The van der Waals surface area contributed by atoms with Crippen LogP contribution in [0.5, 0.6) is 5.75 Å². The van der Waals surface area contributed by atoms with Crippen LogP contribution in [0.1, 0.15) is 10.4 Å². The van der Waals surface area contributed by atoms with Gasteiger partial charge in [-0.25, -0.2) is 5.48 Å². The van der Waals surface area contributed by atoms with Crippen LogP contribution in [0.25, 0.3) is 0 Å². The summed E-state index contributed by atoms with van der Waals surface area (Å²) >= 11 is 0. The van der Waals surface area contributed by atoms with Crippen molar-refractivity contribution in [3.8, 4) is 5.75 Å². The molecular formula is C8H9NO3. The van der Waals surface area contributed by atoms with Crippen LogP contribution in [-0.2, 0) is 4.84 Å². The molecule has 1 aromatic rings. The van der Waals surface area contributed by atoms with E-state index < -0.39 is 0 Å². The van der Waals surface area contributed by atoms with E-state index in [9.17, 15) is 4.79 Å². The van der Waals surface area contributed by atoms with Gasteiger partial charge in [0.05, 0.1) is 7.11 Å². The SMILES string of the molecule is CONC(=O)c1ccc(O)cc1. The molecule has 0 atom stereocenters. The lowest BCUT2D eigenvalue weighted by molar-refractivity contribution is 0.0537. The Labute approximate surface area is 69.7 Å². The van der Waals surface area contributed by atoms with Crippen LogP contribution in [-0.4, -0.2) is 18.1 Å². The molecule has 0 aliphatic heterocycles. The largest absolute Gasteiger partial charge is 0.508 e. The van der Waals surface area contributed by atoms with Gasteiger partial charge in [0.15, 0.2) is 0 Å². The Morgan fingerprint density at radius 3 is 2.50 bits per heavy atom. The van der Waals surface area contributed by atoms with Crippen LogP contribution in [0.3, 0.4) is 0 Å². The highest BCUT2D eigenvalue weighted by molar-refractivity contribution is 5.93. The molecule has 4 nitrogen and oxygen atoms in total. The van der Waals surface area contributed by atoms with Gasteiger partial charge in [0.2, 0.25) is 0 Å². The molecule has 1 amide bonds. The second-order valence-electron chi connectivity index (χ2n) is 2.18. The molecule has 1 rings (SSSR count). The zero-order valence-corrected chi connectivity index (χ0v) is 6.57. The maximum Gasteiger partial charge on any atom is 0.274 e. The fourth-order valence-corrected chi connectivity index (χ4v) is 0.764. The standard InChI is InChI=1S/C8H9NO3/c1-12-9-8(11)6-2-4-7(10)5-3-6/h2-5,10H,1H3,(H,9,11). The molecule has 4 heteroatoms. The van der Waals surface area contributed by atoms with Crippen molar-refractivity contribution in [3.05, 3.63) is 29.8 Å². The minimum atomic E-state index is -0.336. The first kappa shape index (κ1) is 8.55. The topological polar surface area (TPSA) is 58.6 Å². The third kappa shape index (κ3) is 1.96. The van der Waals surface area contributed by atoms with Gasteiger partial charge in [-0.2, -0.15) is 0 Å². The third-order valence-electron chi connectivity index (χ3n) is 1.32. The Morgan fingerprint density at radius 1 is 1.42 bits per heavy atom. The summed E-state index contributed by atoms with van der Waals surface area (Å²) in [5.41, 5.74) is 2.60. The van der Waals surface area contributed by atoms with E-state index in [4.69, 9.17) is 5.11 Å². The average molecular weight is 167 g/mol. The fraction of sp³-hybridized carbons (Fsp3) is 0.125. The quantitative estimate of drug-likeness (QED) is 0.637. The Bertz CT molecular complexity index is 268. The highest BCUT2D eigenvalue weighted by atomic mass is 16.6. The Hall–Kier alpha value is -1.55. The summed E-state index contributed by atoms with van der Waals surface area (Å²) < 4.78 is 0. The molecule has 0 saturated carbocycles. The van der Waals surface area contributed by atoms with Gasteiger partial charge in [-0.05, 0) is 24.3 Å². The maximum atomic E-state index is 11.0. The van der Waals surface area contributed by atoms with Gasteiger partial charge in [0.1, 0.15) is 5.75 Å². The number of hydroxylamine groups is 1. The Kier molecular flexibility index (Phi) is 2.66. The molecule has 0 fully saturated rings. The lowest BCUT2D eigenvalue weighted by atomic mass is 10.2. The predicted molar refractivity (Wildman–Crippen MR) is 42.6 cm³/mol. The van der Waals surface area contributed by atoms with E-state index >= 15 is 0 Å². The molecule has 0 aromatic heterocycles. The van der Waals surface area contributed by atoms with Gasteiger partial charge in [-0.1, -0.05) is 0 Å². The van der Waals surface area contributed by atoms with Crippen molar-refractivity contribution in [2.45, 2.75) is 0 Å². The van der Waals surface area contributed by atoms with Crippen LogP contribution < -0.4 is 5.48 Å². The molecule has 0 bridgehead atoms.